The first-order valence-electron chi connectivity index (χ1n) is 5.11. The van der Waals surface area contributed by atoms with Gasteiger partial charge >= 0.3 is 19.5 Å². The SMILES string of the molecule is CC(C)(C)[O-].CC(C)(C)[O-].CC(C)(C)[O-].[Ru+3]. The molecule has 0 aliphatic carbocycles. The zero-order chi connectivity index (χ0) is 13.5. The van der Waals surface area contributed by atoms with Crippen molar-refractivity contribution in [2.45, 2.75) is 79.1 Å². The summed E-state index contributed by atoms with van der Waals surface area (Å²) in [5, 5.41) is 30.3. The molecule has 101 valence electrons. The van der Waals surface area contributed by atoms with Crippen molar-refractivity contribution in [2.24, 2.45) is 0 Å². The molecular formula is C12H27O3Ru. The summed E-state index contributed by atoms with van der Waals surface area (Å²) in [4.78, 5) is 0. The Morgan fingerprint density at radius 3 is 0.438 bits per heavy atom. The Labute approximate surface area is 114 Å². The second-order valence-electron chi connectivity index (χ2n) is 6.34. The van der Waals surface area contributed by atoms with Gasteiger partial charge in [-0.1, -0.05) is 62.3 Å². The molecule has 0 amide bonds. The van der Waals surface area contributed by atoms with E-state index in [-0.39, 0.29) is 19.5 Å². The molecule has 0 heterocycles. The smallest absolute Gasteiger partial charge is 0.850 e. The van der Waals surface area contributed by atoms with Crippen molar-refractivity contribution in [3.05, 3.63) is 0 Å². The van der Waals surface area contributed by atoms with Crippen LogP contribution < -0.4 is 15.3 Å². The molecule has 0 N–H and O–H groups in total. The molecule has 4 heteroatoms. The molecule has 0 rings (SSSR count). The van der Waals surface area contributed by atoms with E-state index in [1.807, 2.05) is 0 Å². The average molecular weight is 320 g/mol. The first-order valence-corrected chi connectivity index (χ1v) is 5.11. The molecular weight excluding hydrogens is 293 g/mol. The van der Waals surface area contributed by atoms with Gasteiger partial charge in [0.1, 0.15) is 0 Å². The summed E-state index contributed by atoms with van der Waals surface area (Å²) in [6.07, 6.45) is 0. The molecule has 0 saturated heterocycles. The molecule has 0 aliphatic heterocycles. The van der Waals surface area contributed by atoms with Crippen molar-refractivity contribution in [3.63, 3.8) is 0 Å². The van der Waals surface area contributed by atoms with E-state index in [0.29, 0.717) is 0 Å². The predicted molar refractivity (Wildman–Crippen MR) is 59.3 cm³/mol. The van der Waals surface area contributed by atoms with Gasteiger partial charge in [-0.2, -0.15) is 0 Å². The molecule has 0 aromatic rings. The Kier molecular flexibility index (Phi) is 15.1. The van der Waals surface area contributed by atoms with Crippen LogP contribution in [0.25, 0.3) is 0 Å². The molecule has 1 radical (unpaired) electrons. The minimum Gasteiger partial charge on any atom is -0.850 e. The summed E-state index contributed by atoms with van der Waals surface area (Å²) in [6.45, 7) is 14.7. The fourth-order valence-electron chi connectivity index (χ4n) is 0. The third kappa shape index (κ3) is 10400. The first kappa shape index (κ1) is 25.4. The van der Waals surface area contributed by atoms with Crippen LogP contribution in [0, 0.1) is 0 Å². The maximum absolute atomic E-state index is 10.1. The van der Waals surface area contributed by atoms with Gasteiger partial charge < -0.3 is 15.3 Å². The standard InChI is InChI=1S/3C4H9O.Ru/c3*1-4(2,3)5;/h3*1-3H3;/q3*-1;+3. The molecule has 0 spiro atoms. The summed E-state index contributed by atoms with van der Waals surface area (Å²) in [5.74, 6) is 0. The fraction of sp³-hybridized carbons (Fsp3) is 1.00. The van der Waals surface area contributed by atoms with Gasteiger partial charge in [0, 0.05) is 0 Å². The zero-order valence-electron chi connectivity index (χ0n) is 12.1. The van der Waals surface area contributed by atoms with Crippen LogP contribution >= 0.6 is 0 Å². The molecule has 0 aliphatic rings. The summed E-state index contributed by atoms with van der Waals surface area (Å²) >= 11 is 0. The van der Waals surface area contributed by atoms with Crippen LogP contribution in [0.15, 0.2) is 0 Å². The Morgan fingerprint density at radius 2 is 0.438 bits per heavy atom. The molecule has 0 bridgehead atoms. The fourth-order valence-corrected chi connectivity index (χ4v) is 0. The van der Waals surface area contributed by atoms with Crippen LogP contribution in [0.1, 0.15) is 62.3 Å². The molecule has 16 heavy (non-hydrogen) atoms. The minimum absolute atomic E-state index is 0. The maximum Gasteiger partial charge on any atom is 3.00 e. The Hall–Kier alpha value is 0.503. The van der Waals surface area contributed by atoms with Crippen LogP contribution in [0.5, 0.6) is 0 Å². The van der Waals surface area contributed by atoms with Gasteiger partial charge in [0.25, 0.3) is 0 Å². The molecule has 0 atom stereocenters. The summed E-state index contributed by atoms with van der Waals surface area (Å²) in [6, 6.07) is 0. The van der Waals surface area contributed by atoms with E-state index < -0.39 is 16.8 Å². The Bertz CT molecular complexity index is 91.3. The van der Waals surface area contributed by atoms with Crippen LogP contribution in [-0.2, 0) is 19.5 Å². The van der Waals surface area contributed by atoms with Gasteiger partial charge in [-0.05, 0) is 0 Å². The van der Waals surface area contributed by atoms with Crippen LogP contribution in [-0.4, -0.2) is 16.8 Å². The largest absolute Gasteiger partial charge is 3.00 e. The predicted octanol–water partition coefficient (Wildman–Crippen LogP) is 0.433. The molecule has 0 aromatic heterocycles. The summed E-state index contributed by atoms with van der Waals surface area (Å²) in [7, 11) is 0. The Balaban J connectivity index is -0.0000000655. The Morgan fingerprint density at radius 1 is 0.438 bits per heavy atom. The maximum atomic E-state index is 10.1. The quantitative estimate of drug-likeness (QED) is 0.608. The van der Waals surface area contributed by atoms with Gasteiger partial charge in [0.2, 0.25) is 0 Å². The van der Waals surface area contributed by atoms with Crippen LogP contribution in [0.2, 0.25) is 0 Å². The van der Waals surface area contributed by atoms with Gasteiger partial charge in [0.15, 0.2) is 0 Å². The van der Waals surface area contributed by atoms with Crippen molar-refractivity contribution in [1.82, 2.24) is 0 Å². The average Bonchev–Trinajstić information content (AvgIpc) is 1.41. The molecule has 3 nitrogen and oxygen atoms in total. The van der Waals surface area contributed by atoms with Crippen molar-refractivity contribution < 1.29 is 34.8 Å². The molecule has 0 fully saturated rings. The van der Waals surface area contributed by atoms with E-state index in [1.165, 1.54) is 0 Å². The van der Waals surface area contributed by atoms with Crippen molar-refractivity contribution in [2.75, 3.05) is 0 Å². The number of hydrogen-bond donors (Lipinski definition) is 0. The van der Waals surface area contributed by atoms with E-state index in [0.717, 1.165) is 0 Å². The number of hydrogen-bond acceptors (Lipinski definition) is 3. The van der Waals surface area contributed by atoms with E-state index in [1.54, 1.807) is 62.3 Å². The van der Waals surface area contributed by atoms with Crippen LogP contribution in [0.4, 0.5) is 0 Å². The van der Waals surface area contributed by atoms with Gasteiger partial charge in [-0.15, -0.1) is 16.8 Å². The first-order chi connectivity index (χ1) is 6.00. The second-order valence-corrected chi connectivity index (χ2v) is 6.34. The van der Waals surface area contributed by atoms with Crippen molar-refractivity contribution in [3.8, 4) is 0 Å². The molecule has 0 saturated carbocycles. The topological polar surface area (TPSA) is 69.2 Å². The van der Waals surface area contributed by atoms with E-state index in [9.17, 15) is 15.3 Å². The van der Waals surface area contributed by atoms with Crippen LogP contribution in [0.3, 0.4) is 0 Å². The molecule has 0 aromatic carbocycles. The second kappa shape index (κ2) is 9.52. The van der Waals surface area contributed by atoms with E-state index in [4.69, 9.17) is 0 Å². The normalized spacial score (nSPS) is 11.2. The van der Waals surface area contributed by atoms with Crippen molar-refractivity contribution >= 4 is 0 Å². The molecule has 0 unspecified atom stereocenters. The summed E-state index contributed by atoms with van der Waals surface area (Å²) < 4.78 is 0. The third-order valence-electron chi connectivity index (χ3n) is 0. The van der Waals surface area contributed by atoms with Gasteiger partial charge in [0.05, 0.1) is 0 Å². The number of rotatable bonds is 0. The zero-order valence-corrected chi connectivity index (χ0v) is 13.8. The van der Waals surface area contributed by atoms with E-state index in [2.05, 4.69) is 0 Å². The van der Waals surface area contributed by atoms with Gasteiger partial charge in [-0.3, -0.25) is 0 Å². The summed E-state index contributed by atoms with van der Waals surface area (Å²) in [5.41, 5.74) is -2.25. The van der Waals surface area contributed by atoms with E-state index >= 15 is 0 Å². The van der Waals surface area contributed by atoms with Gasteiger partial charge in [-0.25, -0.2) is 0 Å². The monoisotopic (exact) mass is 321 g/mol. The van der Waals surface area contributed by atoms with Crippen molar-refractivity contribution in [1.29, 1.82) is 0 Å². The third-order valence-corrected chi connectivity index (χ3v) is 0. The minimum atomic E-state index is -0.750.